The van der Waals surface area contributed by atoms with Gasteiger partial charge in [0.25, 0.3) is 6.43 Å². The lowest BCUT2D eigenvalue weighted by Gasteiger charge is -2.22. The number of benzene rings is 1. The van der Waals surface area contributed by atoms with Gasteiger partial charge in [0, 0.05) is 11.1 Å². The zero-order valence-corrected chi connectivity index (χ0v) is 10.8. The summed E-state index contributed by atoms with van der Waals surface area (Å²) in [6.07, 6.45) is -4.64. The van der Waals surface area contributed by atoms with Crippen LogP contribution < -0.4 is 9.47 Å². The van der Waals surface area contributed by atoms with Crippen molar-refractivity contribution in [3.63, 3.8) is 0 Å². The van der Waals surface area contributed by atoms with Crippen molar-refractivity contribution in [2.75, 3.05) is 19.8 Å². The number of halogens is 2. The van der Waals surface area contributed by atoms with Crippen LogP contribution in [-0.4, -0.2) is 30.9 Å². The van der Waals surface area contributed by atoms with Crippen LogP contribution in [0.2, 0.25) is 0 Å². The monoisotopic (exact) mass is 288 g/mol. The second kappa shape index (κ2) is 6.04. The van der Waals surface area contributed by atoms with E-state index in [1.165, 1.54) is 6.07 Å². The van der Waals surface area contributed by atoms with E-state index in [1.807, 2.05) is 0 Å². The van der Waals surface area contributed by atoms with Crippen molar-refractivity contribution in [3.8, 4) is 11.5 Å². The molecule has 1 unspecified atom stereocenters. The van der Waals surface area contributed by atoms with E-state index in [4.69, 9.17) is 9.47 Å². The highest BCUT2D eigenvalue weighted by atomic mass is 19.3. The van der Waals surface area contributed by atoms with E-state index in [-0.39, 0.29) is 36.9 Å². The molecule has 0 saturated heterocycles. The summed E-state index contributed by atoms with van der Waals surface area (Å²) in [5.74, 6) is -0.587. The van der Waals surface area contributed by atoms with Crippen molar-refractivity contribution in [2.45, 2.75) is 19.5 Å². The van der Waals surface area contributed by atoms with E-state index < -0.39 is 24.1 Å². The fourth-order valence-corrected chi connectivity index (χ4v) is 1.89. The van der Waals surface area contributed by atoms with Gasteiger partial charge in [0.2, 0.25) is 0 Å². The van der Waals surface area contributed by atoms with Gasteiger partial charge >= 0.3 is 5.97 Å². The number of rotatable bonds is 4. The molecule has 0 fully saturated rings. The predicted molar refractivity (Wildman–Crippen MR) is 64.0 cm³/mol. The molecule has 7 heteroatoms. The molecule has 1 aromatic carbocycles. The fraction of sp³-hybridized carbons (Fsp3) is 0.462. The first-order valence-electron chi connectivity index (χ1n) is 6.10. The minimum absolute atomic E-state index is 0.0461. The number of fused-ring (bicyclic) bond motifs is 1. The Bertz CT molecular complexity index is 504. The summed E-state index contributed by atoms with van der Waals surface area (Å²) >= 11 is 0. The van der Waals surface area contributed by atoms with Crippen LogP contribution >= 0.6 is 0 Å². The van der Waals surface area contributed by atoms with Gasteiger partial charge in [0.15, 0.2) is 17.6 Å². The van der Waals surface area contributed by atoms with Gasteiger partial charge in [-0.15, -0.1) is 0 Å². The molecule has 0 bridgehead atoms. The SMILES string of the molecule is CCOC(=O)C(O)c1cc2c(cc1C(F)F)OCCO2. The number of carbonyl (C=O) groups is 1. The Labute approximate surface area is 114 Å². The number of esters is 1. The lowest BCUT2D eigenvalue weighted by atomic mass is 10.0. The third kappa shape index (κ3) is 2.82. The molecule has 1 atom stereocenters. The zero-order valence-electron chi connectivity index (χ0n) is 10.8. The average Bonchev–Trinajstić information content (AvgIpc) is 2.45. The highest BCUT2D eigenvalue weighted by Gasteiger charge is 2.28. The lowest BCUT2D eigenvalue weighted by molar-refractivity contribution is -0.153. The van der Waals surface area contributed by atoms with Crippen molar-refractivity contribution in [1.82, 2.24) is 0 Å². The number of alkyl halides is 2. The molecule has 1 aromatic rings. The molecular formula is C13H14F2O5. The van der Waals surface area contributed by atoms with Gasteiger partial charge < -0.3 is 19.3 Å². The molecule has 110 valence electrons. The van der Waals surface area contributed by atoms with E-state index in [0.717, 1.165) is 6.07 Å². The molecule has 1 N–H and O–H groups in total. The fourth-order valence-electron chi connectivity index (χ4n) is 1.89. The highest BCUT2D eigenvalue weighted by Crippen LogP contribution is 2.39. The van der Waals surface area contributed by atoms with Gasteiger partial charge in [0.05, 0.1) is 6.61 Å². The van der Waals surface area contributed by atoms with Gasteiger partial charge in [0.1, 0.15) is 13.2 Å². The Morgan fingerprint density at radius 1 is 1.30 bits per heavy atom. The van der Waals surface area contributed by atoms with Crippen LogP contribution in [0.5, 0.6) is 11.5 Å². The molecule has 1 aliphatic rings. The Morgan fingerprint density at radius 2 is 1.85 bits per heavy atom. The molecular weight excluding hydrogens is 274 g/mol. The molecule has 0 spiro atoms. The first kappa shape index (κ1) is 14.5. The van der Waals surface area contributed by atoms with Crippen LogP contribution in [0.3, 0.4) is 0 Å². The first-order chi connectivity index (χ1) is 9.54. The summed E-state index contributed by atoms with van der Waals surface area (Å²) < 4.78 is 41.2. The summed E-state index contributed by atoms with van der Waals surface area (Å²) in [7, 11) is 0. The zero-order chi connectivity index (χ0) is 14.7. The van der Waals surface area contributed by atoms with Gasteiger partial charge in [-0.3, -0.25) is 0 Å². The van der Waals surface area contributed by atoms with E-state index >= 15 is 0 Å². The van der Waals surface area contributed by atoms with Crippen LogP contribution in [0.15, 0.2) is 12.1 Å². The van der Waals surface area contributed by atoms with Gasteiger partial charge in [-0.05, 0) is 19.1 Å². The lowest BCUT2D eigenvalue weighted by Crippen LogP contribution is -2.20. The summed E-state index contributed by atoms with van der Waals surface area (Å²) in [4.78, 5) is 11.5. The molecule has 0 aromatic heterocycles. The number of aliphatic hydroxyl groups excluding tert-OH is 1. The molecule has 0 radical (unpaired) electrons. The van der Waals surface area contributed by atoms with Crippen LogP contribution in [0.4, 0.5) is 8.78 Å². The molecule has 1 heterocycles. The van der Waals surface area contributed by atoms with E-state index in [1.54, 1.807) is 6.92 Å². The van der Waals surface area contributed by atoms with Crippen LogP contribution in [0.25, 0.3) is 0 Å². The summed E-state index contributed by atoms with van der Waals surface area (Å²) in [6, 6.07) is 2.27. The van der Waals surface area contributed by atoms with E-state index in [2.05, 4.69) is 4.74 Å². The van der Waals surface area contributed by atoms with Gasteiger partial charge in [-0.25, -0.2) is 13.6 Å². The Hall–Kier alpha value is -1.89. The predicted octanol–water partition coefficient (Wildman–Crippen LogP) is 1.99. The van der Waals surface area contributed by atoms with Crippen molar-refractivity contribution in [1.29, 1.82) is 0 Å². The maximum Gasteiger partial charge on any atom is 0.339 e. The maximum absolute atomic E-state index is 13.0. The van der Waals surface area contributed by atoms with E-state index in [0.29, 0.717) is 0 Å². The standard InChI is InChI=1S/C13H14F2O5/c1-2-18-13(17)11(16)7-5-9-10(20-4-3-19-9)6-8(7)12(14)15/h5-6,11-12,16H,2-4H2,1H3. The second-order valence-corrected chi connectivity index (χ2v) is 4.08. The van der Waals surface area contributed by atoms with Gasteiger partial charge in [-0.1, -0.05) is 0 Å². The molecule has 2 rings (SSSR count). The molecule has 0 amide bonds. The molecule has 5 nitrogen and oxygen atoms in total. The van der Waals surface area contributed by atoms with Crippen molar-refractivity contribution in [2.24, 2.45) is 0 Å². The smallest absolute Gasteiger partial charge is 0.339 e. The third-order valence-electron chi connectivity index (χ3n) is 2.79. The minimum atomic E-state index is -2.86. The first-order valence-corrected chi connectivity index (χ1v) is 6.10. The number of aliphatic hydroxyl groups is 1. The third-order valence-corrected chi connectivity index (χ3v) is 2.79. The van der Waals surface area contributed by atoms with Gasteiger partial charge in [-0.2, -0.15) is 0 Å². The molecule has 1 aliphatic heterocycles. The Morgan fingerprint density at radius 3 is 2.35 bits per heavy atom. The second-order valence-electron chi connectivity index (χ2n) is 4.08. The minimum Gasteiger partial charge on any atom is -0.486 e. The number of hydrogen-bond donors (Lipinski definition) is 1. The normalized spacial score (nSPS) is 15.1. The summed E-state index contributed by atoms with van der Waals surface area (Å²) in [5, 5.41) is 9.85. The topological polar surface area (TPSA) is 65.0 Å². The molecule has 20 heavy (non-hydrogen) atoms. The Balaban J connectivity index is 2.41. The summed E-state index contributed by atoms with van der Waals surface area (Å²) in [6.45, 7) is 2.14. The van der Waals surface area contributed by atoms with E-state index in [9.17, 15) is 18.7 Å². The van der Waals surface area contributed by atoms with Crippen LogP contribution in [-0.2, 0) is 9.53 Å². The van der Waals surface area contributed by atoms with Crippen molar-refractivity contribution < 1.29 is 32.9 Å². The Kier molecular flexibility index (Phi) is 4.39. The van der Waals surface area contributed by atoms with Crippen LogP contribution in [0, 0.1) is 0 Å². The van der Waals surface area contributed by atoms with Crippen molar-refractivity contribution in [3.05, 3.63) is 23.3 Å². The molecule has 0 saturated carbocycles. The molecule has 0 aliphatic carbocycles. The largest absolute Gasteiger partial charge is 0.486 e. The highest BCUT2D eigenvalue weighted by molar-refractivity contribution is 5.77. The van der Waals surface area contributed by atoms with Crippen LogP contribution in [0.1, 0.15) is 30.6 Å². The maximum atomic E-state index is 13.0. The number of hydrogen-bond acceptors (Lipinski definition) is 5. The summed E-state index contributed by atoms with van der Waals surface area (Å²) in [5.41, 5.74) is -0.711. The quantitative estimate of drug-likeness (QED) is 0.858. The average molecular weight is 288 g/mol. The van der Waals surface area contributed by atoms with Crippen molar-refractivity contribution >= 4 is 5.97 Å². The number of carbonyl (C=O) groups excluding carboxylic acids is 1. The number of ether oxygens (including phenoxy) is 3.